The lowest BCUT2D eigenvalue weighted by Crippen LogP contribution is -1.99. The van der Waals surface area contributed by atoms with Gasteiger partial charge in [-0.05, 0) is 35.4 Å². The van der Waals surface area contributed by atoms with Gasteiger partial charge in [0.15, 0.2) is 0 Å². The van der Waals surface area contributed by atoms with Gasteiger partial charge in [0.1, 0.15) is 5.82 Å². The average molecular weight is 194 g/mol. The summed E-state index contributed by atoms with van der Waals surface area (Å²) in [6.07, 6.45) is 0.826. The summed E-state index contributed by atoms with van der Waals surface area (Å²) in [6, 6.07) is 5.47. The van der Waals surface area contributed by atoms with Gasteiger partial charge in [-0.1, -0.05) is 39.8 Å². The first-order valence-corrected chi connectivity index (χ1v) is 5.29. The van der Waals surface area contributed by atoms with Gasteiger partial charge in [0, 0.05) is 0 Å². The molecule has 78 valence electrons. The third-order valence-corrected chi connectivity index (χ3v) is 2.36. The summed E-state index contributed by atoms with van der Waals surface area (Å²) in [7, 11) is 0. The van der Waals surface area contributed by atoms with E-state index in [0.29, 0.717) is 11.8 Å². The van der Waals surface area contributed by atoms with Gasteiger partial charge in [0.25, 0.3) is 0 Å². The van der Waals surface area contributed by atoms with Crippen LogP contribution in [0.5, 0.6) is 0 Å². The highest BCUT2D eigenvalue weighted by Gasteiger charge is 2.07. The topological polar surface area (TPSA) is 0 Å². The maximum absolute atomic E-state index is 13.4. The van der Waals surface area contributed by atoms with Crippen molar-refractivity contribution in [3.63, 3.8) is 0 Å². The molecule has 0 nitrogen and oxygen atoms in total. The molecule has 0 aliphatic heterocycles. The second-order valence-electron chi connectivity index (χ2n) is 4.60. The Hall–Kier alpha value is -0.850. The molecule has 0 unspecified atom stereocenters. The van der Waals surface area contributed by atoms with E-state index in [1.165, 1.54) is 5.56 Å². The van der Waals surface area contributed by atoms with Crippen molar-refractivity contribution in [2.24, 2.45) is 5.92 Å². The Bertz CT molecular complexity index is 300. The molecule has 0 heterocycles. The van der Waals surface area contributed by atoms with E-state index in [1.807, 2.05) is 12.1 Å². The highest BCUT2D eigenvalue weighted by molar-refractivity contribution is 5.27. The Morgan fingerprint density at radius 3 is 2.29 bits per heavy atom. The molecule has 1 heteroatoms. The zero-order chi connectivity index (χ0) is 10.7. The SMILES string of the molecule is CC(C)Cc1cc(C(C)C)ccc1F. The van der Waals surface area contributed by atoms with Crippen molar-refractivity contribution in [1.29, 1.82) is 0 Å². The predicted molar refractivity (Wildman–Crippen MR) is 59.0 cm³/mol. The number of benzene rings is 1. The van der Waals surface area contributed by atoms with Crippen LogP contribution in [0.25, 0.3) is 0 Å². The number of halogens is 1. The normalized spacial score (nSPS) is 11.4. The molecule has 0 N–H and O–H groups in total. The van der Waals surface area contributed by atoms with E-state index in [-0.39, 0.29) is 5.82 Å². The Kier molecular flexibility index (Phi) is 3.68. The Morgan fingerprint density at radius 2 is 1.79 bits per heavy atom. The average Bonchev–Trinajstić information content (AvgIpc) is 2.07. The fourth-order valence-corrected chi connectivity index (χ4v) is 1.55. The van der Waals surface area contributed by atoms with Gasteiger partial charge in [-0.25, -0.2) is 4.39 Å². The van der Waals surface area contributed by atoms with Gasteiger partial charge in [-0.15, -0.1) is 0 Å². The van der Waals surface area contributed by atoms with E-state index < -0.39 is 0 Å². The first kappa shape index (κ1) is 11.2. The van der Waals surface area contributed by atoms with Crippen LogP contribution in [0.15, 0.2) is 18.2 Å². The number of hydrogen-bond acceptors (Lipinski definition) is 0. The molecule has 0 aromatic heterocycles. The minimum Gasteiger partial charge on any atom is -0.207 e. The van der Waals surface area contributed by atoms with E-state index in [2.05, 4.69) is 27.7 Å². The molecule has 0 aliphatic carbocycles. The molecule has 1 aromatic rings. The zero-order valence-electron chi connectivity index (χ0n) is 9.47. The minimum atomic E-state index is -0.0666. The summed E-state index contributed by atoms with van der Waals surface area (Å²) in [6.45, 7) is 8.49. The number of rotatable bonds is 3. The summed E-state index contributed by atoms with van der Waals surface area (Å²) in [5.41, 5.74) is 2.08. The van der Waals surface area contributed by atoms with Gasteiger partial charge < -0.3 is 0 Å². The van der Waals surface area contributed by atoms with Gasteiger partial charge in [-0.2, -0.15) is 0 Å². The molecule has 1 rings (SSSR count). The quantitative estimate of drug-likeness (QED) is 0.678. The molecule has 0 atom stereocenters. The second-order valence-corrected chi connectivity index (χ2v) is 4.60. The van der Waals surface area contributed by atoms with Crippen molar-refractivity contribution in [2.45, 2.75) is 40.0 Å². The van der Waals surface area contributed by atoms with Crippen molar-refractivity contribution in [3.05, 3.63) is 35.1 Å². The minimum absolute atomic E-state index is 0.0666. The molecule has 0 bridgehead atoms. The molecule has 1 aromatic carbocycles. The molecule has 0 saturated carbocycles. The van der Waals surface area contributed by atoms with Crippen LogP contribution in [-0.2, 0) is 6.42 Å². The molecule has 0 amide bonds. The lowest BCUT2D eigenvalue weighted by Gasteiger charge is -2.10. The van der Waals surface area contributed by atoms with E-state index in [4.69, 9.17) is 0 Å². The van der Waals surface area contributed by atoms with E-state index >= 15 is 0 Å². The second kappa shape index (κ2) is 4.59. The van der Waals surface area contributed by atoms with Crippen LogP contribution in [0, 0.1) is 11.7 Å². The zero-order valence-corrected chi connectivity index (χ0v) is 9.47. The summed E-state index contributed by atoms with van der Waals surface area (Å²) in [5, 5.41) is 0. The highest BCUT2D eigenvalue weighted by Crippen LogP contribution is 2.20. The van der Waals surface area contributed by atoms with Crippen LogP contribution >= 0.6 is 0 Å². The molecule has 0 saturated heterocycles. The molecular weight excluding hydrogens is 175 g/mol. The van der Waals surface area contributed by atoms with Crippen LogP contribution in [0.4, 0.5) is 4.39 Å². The van der Waals surface area contributed by atoms with Crippen molar-refractivity contribution in [1.82, 2.24) is 0 Å². The summed E-state index contributed by atoms with van der Waals surface area (Å²) in [5.74, 6) is 0.913. The summed E-state index contributed by atoms with van der Waals surface area (Å²) in [4.78, 5) is 0. The Labute approximate surface area is 86.2 Å². The fourth-order valence-electron chi connectivity index (χ4n) is 1.55. The molecule has 0 fully saturated rings. The maximum atomic E-state index is 13.4. The van der Waals surface area contributed by atoms with Crippen molar-refractivity contribution in [3.8, 4) is 0 Å². The van der Waals surface area contributed by atoms with Crippen molar-refractivity contribution >= 4 is 0 Å². The van der Waals surface area contributed by atoms with E-state index in [0.717, 1.165) is 12.0 Å². The Morgan fingerprint density at radius 1 is 1.14 bits per heavy atom. The first-order valence-electron chi connectivity index (χ1n) is 5.29. The highest BCUT2D eigenvalue weighted by atomic mass is 19.1. The third-order valence-electron chi connectivity index (χ3n) is 2.36. The third kappa shape index (κ3) is 2.83. The van der Waals surface area contributed by atoms with E-state index in [1.54, 1.807) is 6.07 Å². The van der Waals surface area contributed by atoms with Crippen LogP contribution in [0.1, 0.15) is 44.7 Å². The largest absolute Gasteiger partial charge is 0.207 e. The molecule has 0 aliphatic rings. The van der Waals surface area contributed by atoms with Gasteiger partial charge in [-0.3, -0.25) is 0 Å². The van der Waals surface area contributed by atoms with Crippen LogP contribution in [0.3, 0.4) is 0 Å². The molecular formula is C13H19F. The fraction of sp³-hybridized carbons (Fsp3) is 0.538. The van der Waals surface area contributed by atoms with Gasteiger partial charge >= 0.3 is 0 Å². The molecule has 0 spiro atoms. The van der Waals surface area contributed by atoms with Crippen LogP contribution in [-0.4, -0.2) is 0 Å². The summed E-state index contributed by atoms with van der Waals surface area (Å²) < 4.78 is 13.4. The van der Waals surface area contributed by atoms with Gasteiger partial charge in [0.2, 0.25) is 0 Å². The smallest absolute Gasteiger partial charge is 0.126 e. The summed E-state index contributed by atoms with van der Waals surface area (Å²) >= 11 is 0. The predicted octanol–water partition coefficient (Wildman–Crippen LogP) is 4.15. The molecule has 0 radical (unpaired) electrons. The van der Waals surface area contributed by atoms with Gasteiger partial charge in [0.05, 0.1) is 0 Å². The monoisotopic (exact) mass is 194 g/mol. The maximum Gasteiger partial charge on any atom is 0.126 e. The standard InChI is InChI=1S/C13H19F/c1-9(2)7-12-8-11(10(3)4)5-6-13(12)14/h5-6,8-10H,7H2,1-4H3. The van der Waals surface area contributed by atoms with Crippen LogP contribution in [0.2, 0.25) is 0 Å². The van der Waals surface area contributed by atoms with Crippen LogP contribution < -0.4 is 0 Å². The lowest BCUT2D eigenvalue weighted by atomic mass is 9.96. The Balaban J connectivity index is 2.96. The molecule has 14 heavy (non-hydrogen) atoms. The van der Waals surface area contributed by atoms with Crippen molar-refractivity contribution < 1.29 is 4.39 Å². The first-order chi connectivity index (χ1) is 6.50. The van der Waals surface area contributed by atoms with Crippen molar-refractivity contribution in [2.75, 3.05) is 0 Å². The lowest BCUT2D eigenvalue weighted by molar-refractivity contribution is 0.572. The number of hydrogen-bond donors (Lipinski definition) is 0. The van der Waals surface area contributed by atoms with E-state index in [9.17, 15) is 4.39 Å².